The van der Waals surface area contributed by atoms with Gasteiger partial charge in [-0.2, -0.15) is 21.0 Å². The van der Waals surface area contributed by atoms with Crippen molar-refractivity contribution in [2.24, 2.45) is 35.0 Å². The molecule has 0 spiro atoms. The van der Waals surface area contributed by atoms with Gasteiger partial charge in [-0.05, 0) is 24.7 Å². The van der Waals surface area contributed by atoms with Gasteiger partial charge in [0.2, 0.25) is 0 Å². The molecule has 0 N–H and O–H groups in total. The molecule has 1 aliphatic carbocycles. The average molecular weight is 282 g/mol. The van der Waals surface area contributed by atoms with Crippen LogP contribution < -0.4 is 0 Å². The topological polar surface area (TPSA) is 112 Å². The zero-order valence-corrected chi connectivity index (χ0v) is 12.5. The first kappa shape index (κ1) is 16.7. The van der Waals surface area contributed by atoms with Gasteiger partial charge in [-0.15, -0.1) is 0 Å². The molecular weight excluding hydrogens is 264 g/mol. The molecule has 0 aromatic carbocycles. The molecule has 1 saturated carbocycles. The quantitative estimate of drug-likeness (QED) is 0.789. The molecule has 0 radical (unpaired) electrons. The monoisotopic (exact) mass is 282 g/mol. The lowest BCUT2D eigenvalue weighted by Crippen LogP contribution is -2.48. The molecule has 0 unspecified atom stereocenters. The Balaban J connectivity index is 3.41. The van der Waals surface area contributed by atoms with E-state index in [2.05, 4.69) is 0 Å². The summed E-state index contributed by atoms with van der Waals surface area (Å²) in [7, 11) is 0. The highest BCUT2D eigenvalue weighted by Crippen LogP contribution is 2.47. The third kappa shape index (κ3) is 2.61. The summed E-state index contributed by atoms with van der Waals surface area (Å²) >= 11 is 0. The van der Waals surface area contributed by atoms with Gasteiger partial charge in [0.15, 0.2) is 11.3 Å². The standard InChI is InChI=1S/C16H18N4O/c1-10(2)13-5-4-11(3)14(15(13)21)16(8-19,9-20)12(6-17)7-18/h10-14H,4-5H2,1-3H3/t11-,13+,14+/m0/s1. The second-order valence-corrected chi connectivity index (χ2v) is 6.07. The van der Waals surface area contributed by atoms with Crippen molar-refractivity contribution < 1.29 is 4.79 Å². The van der Waals surface area contributed by atoms with E-state index < -0.39 is 17.3 Å². The van der Waals surface area contributed by atoms with Crippen LogP contribution >= 0.6 is 0 Å². The van der Waals surface area contributed by atoms with E-state index in [1.165, 1.54) is 0 Å². The molecule has 21 heavy (non-hydrogen) atoms. The lowest BCUT2D eigenvalue weighted by atomic mass is 9.57. The van der Waals surface area contributed by atoms with Gasteiger partial charge in [0.1, 0.15) is 5.78 Å². The number of hydrogen-bond acceptors (Lipinski definition) is 5. The molecule has 3 atom stereocenters. The van der Waals surface area contributed by atoms with Gasteiger partial charge >= 0.3 is 0 Å². The number of ketones is 1. The van der Waals surface area contributed by atoms with Crippen LogP contribution in [0.1, 0.15) is 33.6 Å². The molecule has 0 heterocycles. The van der Waals surface area contributed by atoms with Crippen molar-refractivity contribution in [2.45, 2.75) is 33.6 Å². The number of rotatable bonds is 3. The number of hydrogen-bond donors (Lipinski definition) is 0. The molecule has 5 heteroatoms. The molecule has 0 aliphatic heterocycles. The van der Waals surface area contributed by atoms with Gasteiger partial charge in [0, 0.05) is 5.92 Å². The summed E-state index contributed by atoms with van der Waals surface area (Å²) in [5.74, 6) is -2.73. The van der Waals surface area contributed by atoms with Crippen LogP contribution in [0, 0.1) is 80.3 Å². The highest BCUT2D eigenvalue weighted by atomic mass is 16.1. The summed E-state index contributed by atoms with van der Waals surface area (Å²) < 4.78 is 0. The number of Topliss-reactive ketones (excluding diaryl/α,β-unsaturated/α-hetero) is 1. The lowest BCUT2D eigenvalue weighted by Gasteiger charge is -2.40. The van der Waals surface area contributed by atoms with E-state index >= 15 is 0 Å². The van der Waals surface area contributed by atoms with E-state index in [-0.39, 0.29) is 23.5 Å². The van der Waals surface area contributed by atoms with Crippen molar-refractivity contribution in [1.29, 1.82) is 21.0 Å². The maximum absolute atomic E-state index is 12.8. The van der Waals surface area contributed by atoms with Crippen molar-refractivity contribution in [3.8, 4) is 24.3 Å². The van der Waals surface area contributed by atoms with Gasteiger partial charge in [0.05, 0.1) is 30.2 Å². The van der Waals surface area contributed by atoms with Crippen LogP contribution in [0.25, 0.3) is 0 Å². The predicted molar refractivity (Wildman–Crippen MR) is 73.6 cm³/mol. The Hall–Kier alpha value is -2.37. The molecule has 108 valence electrons. The summed E-state index contributed by atoms with van der Waals surface area (Å²) in [6.07, 6.45) is 1.44. The Morgan fingerprint density at radius 2 is 1.62 bits per heavy atom. The molecule has 1 aliphatic rings. The maximum atomic E-state index is 12.8. The van der Waals surface area contributed by atoms with Crippen molar-refractivity contribution in [3.05, 3.63) is 0 Å². The third-order valence-corrected chi connectivity index (χ3v) is 4.55. The van der Waals surface area contributed by atoms with Crippen molar-refractivity contribution in [1.82, 2.24) is 0 Å². The number of nitriles is 4. The fraction of sp³-hybridized carbons (Fsp3) is 0.688. The van der Waals surface area contributed by atoms with E-state index in [4.69, 9.17) is 10.5 Å². The zero-order valence-electron chi connectivity index (χ0n) is 12.5. The first-order valence-corrected chi connectivity index (χ1v) is 7.05. The van der Waals surface area contributed by atoms with Crippen molar-refractivity contribution in [3.63, 3.8) is 0 Å². The van der Waals surface area contributed by atoms with Crippen LogP contribution in [0.15, 0.2) is 0 Å². The third-order valence-electron chi connectivity index (χ3n) is 4.55. The summed E-state index contributed by atoms with van der Waals surface area (Å²) in [6, 6.07) is 7.10. The highest BCUT2D eigenvalue weighted by Gasteiger charge is 2.55. The first-order valence-electron chi connectivity index (χ1n) is 7.05. The molecule has 5 nitrogen and oxygen atoms in total. The Bertz CT molecular complexity index is 553. The number of nitrogens with zero attached hydrogens (tertiary/aromatic N) is 4. The molecule has 0 aromatic heterocycles. The molecule has 0 aromatic rings. The van der Waals surface area contributed by atoms with Crippen LogP contribution in [0.5, 0.6) is 0 Å². The summed E-state index contributed by atoms with van der Waals surface area (Å²) in [5.41, 5.74) is -1.88. The largest absolute Gasteiger partial charge is 0.299 e. The molecular formula is C16H18N4O. The first-order chi connectivity index (χ1) is 9.89. The molecule has 0 saturated heterocycles. The summed E-state index contributed by atoms with van der Waals surface area (Å²) in [6.45, 7) is 5.68. The van der Waals surface area contributed by atoms with Crippen molar-refractivity contribution >= 4 is 5.78 Å². The van der Waals surface area contributed by atoms with E-state index in [9.17, 15) is 15.3 Å². The van der Waals surface area contributed by atoms with Crippen LogP contribution in [0.4, 0.5) is 0 Å². The van der Waals surface area contributed by atoms with Gasteiger partial charge in [-0.3, -0.25) is 4.79 Å². The van der Waals surface area contributed by atoms with Gasteiger partial charge in [0.25, 0.3) is 0 Å². The lowest BCUT2D eigenvalue weighted by molar-refractivity contribution is -0.136. The fourth-order valence-corrected chi connectivity index (χ4v) is 3.30. The highest BCUT2D eigenvalue weighted by molar-refractivity contribution is 5.86. The summed E-state index contributed by atoms with van der Waals surface area (Å²) in [5, 5.41) is 37.2. The minimum Gasteiger partial charge on any atom is -0.299 e. The molecule has 1 rings (SSSR count). The number of carbonyl (C=O) groups excluding carboxylic acids is 1. The number of carbonyl (C=O) groups is 1. The Morgan fingerprint density at radius 1 is 1.10 bits per heavy atom. The minimum atomic E-state index is -1.88. The van der Waals surface area contributed by atoms with E-state index in [0.29, 0.717) is 6.42 Å². The Morgan fingerprint density at radius 3 is 2.00 bits per heavy atom. The molecule has 0 bridgehead atoms. The molecule has 0 amide bonds. The van der Waals surface area contributed by atoms with Gasteiger partial charge in [-0.25, -0.2) is 0 Å². The van der Waals surface area contributed by atoms with Gasteiger partial charge < -0.3 is 0 Å². The Labute approximate surface area is 125 Å². The van der Waals surface area contributed by atoms with Crippen LogP contribution in [-0.2, 0) is 4.79 Å². The smallest absolute Gasteiger partial charge is 0.182 e. The van der Waals surface area contributed by atoms with Crippen LogP contribution in [0.3, 0.4) is 0 Å². The summed E-state index contributed by atoms with van der Waals surface area (Å²) in [4.78, 5) is 12.8. The second kappa shape index (κ2) is 6.39. The normalized spacial score (nSPS) is 25.8. The SMILES string of the molecule is CC(C)[C@H]1CC[C@H](C)[C@@H](C(C#N)(C#N)C(C#N)C#N)C1=O. The van der Waals surface area contributed by atoms with Crippen LogP contribution in [0.2, 0.25) is 0 Å². The minimum absolute atomic E-state index is 0.116. The van der Waals surface area contributed by atoms with Crippen LogP contribution in [-0.4, -0.2) is 5.78 Å². The van der Waals surface area contributed by atoms with Gasteiger partial charge in [-0.1, -0.05) is 20.8 Å². The zero-order chi connectivity index (χ0) is 16.2. The van der Waals surface area contributed by atoms with E-state index in [1.807, 2.05) is 32.9 Å². The van der Waals surface area contributed by atoms with E-state index in [1.54, 1.807) is 12.1 Å². The van der Waals surface area contributed by atoms with Crippen molar-refractivity contribution in [2.75, 3.05) is 0 Å². The van der Waals surface area contributed by atoms with E-state index in [0.717, 1.165) is 6.42 Å². The predicted octanol–water partition coefficient (Wildman–Crippen LogP) is 2.57. The Kier molecular flexibility index (Phi) is 5.07. The molecule has 1 fully saturated rings. The maximum Gasteiger partial charge on any atom is 0.182 e. The second-order valence-electron chi connectivity index (χ2n) is 6.07. The average Bonchev–Trinajstić information content (AvgIpc) is 2.46. The fourth-order valence-electron chi connectivity index (χ4n) is 3.30.